The molecule has 2 N–H and O–H groups in total. The topological polar surface area (TPSA) is 26.0 Å². The van der Waals surface area contributed by atoms with Crippen LogP contribution in [0.4, 0.5) is 0 Å². The van der Waals surface area contributed by atoms with Gasteiger partial charge in [0.2, 0.25) is 0 Å². The Morgan fingerprint density at radius 2 is 1.29 bits per heavy atom. The van der Waals surface area contributed by atoms with Crippen LogP contribution in [-0.2, 0) is 0 Å². The van der Waals surface area contributed by atoms with Crippen molar-refractivity contribution < 1.29 is 0 Å². The van der Waals surface area contributed by atoms with E-state index in [0.717, 1.165) is 23.7 Å². The van der Waals surface area contributed by atoms with Crippen LogP contribution in [0.3, 0.4) is 0 Å². The van der Waals surface area contributed by atoms with Gasteiger partial charge >= 0.3 is 0 Å². The number of hydrogen-bond acceptors (Lipinski definition) is 3. The fourth-order valence-electron chi connectivity index (χ4n) is 4.88. The highest BCUT2D eigenvalue weighted by atomic mass is 35.5. The van der Waals surface area contributed by atoms with Gasteiger partial charge in [0.1, 0.15) is 0 Å². The Morgan fingerprint density at radius 1 is 0.824 bits per heavy atom. The molecular weight excluding hydrogens is 270 g/mol. The van der Waals surface area contributed by atoms with Crippen molar-refractivity contribution in [1.82, 2.24) is 0 Å². The van der Waals surface area contributed by atoms with Crippen LogP contribution < -0.4 is 5.73 Å². The van der Waals surface area contributed by atoms with Crippen molar-refractivity contribution in [2.75, 3.05) is 11.5 Å². The van der Waals surface area contributed by atoms with E-state index in [9.17, 15) is 0 Å². The third-order valence-corrected chi connectivity index (χ3v) is 9.45. The summed E-state index contributed by atoms with van der Waals surface area (Å²) in [6, 6.07) is 0.456. The molecule has 98 valence electrons. The zero-order chi connectivity index (χ0) is 10.8. The molecule has 0 aromatic carbocycles. The molecular formula is C13H22ClNS2. The first kappa shape index (κ1) is 13.0. The molecule has 1 heterocycles. The Kier molecular flexibility index (Phi) is 3.43. The molecule has 0 atom stereocenters. The minimum Gasteiger partial charge on any atom is -0.326 e. The van der Waals surface area contributed by atoms with E-state index in [1.54, 1.807) is 32.1 Å². The van der Waals surface area contributed by atoms with Crippen molar-refractivity contribution in [2.24, 2.45) is 29.4 Å². The van der Waals surface area contributed by atoms with Gasteiger partial charge in [0, 0.05) is 17.5 Å². The molecule has 0 radical (unpaired) electrons. The summed E-state index contributed by atoms with van der Waals surface area (Å²) < 4.78 is 0.614. The second-order valence-electron chi connectivity index (χ2n) is 6.41. The number of rotatable bonds is 0. The predicted octanol–water partition coefficient (Wildman–Crippen LogP) is 3.37. The summed E-state index contributed by atoms with van der Waals surface area (Å²) in [7, 11) is 0. The van der Waals surface area contributed by atoms with E-state index in [1.807, 2.05) is 0 Å². The SMILES string of the molecule is Cl.NC1CSC2(SC1)C1CC3CC(C1)CC2C3. The molecule has 5 fully saturated rings. The van der Waals surface area contributed by atoms with Gasteiger partial charge in [-0.2, -0.15) is 0 Å². The first-order valence-corrected chi connectivity index (χ1v) is 8.77. The third-order valence-electron chi connectivity index (χ3n) is 5.32. The third kappa shape index (κ3) is 1.87. The van der Waals surface area contributed by atoms with E-state index in [-0.39, 0.29) is 12.4 Å². The van der Waals surface area contributed by atoms with Gasteiger partial charge in [-0.3, -0.25) is 0 Å². The van der Waals surface area contributed by atoms with Gasteiger partial charge in [0.25, 0.3) is 0 Å². The van der Waals surface area contributed by atoms with Crippen molar-refractivity contribution in [3.05, 3.63) is 0 Å². The Labute approximate surface area is 119 Å². The van der Waals surface area contributed by atoms with Gasteiger partial charge < -0.3 is 5.73 Å². The van der Waals surface area contributed by atoms with E-state index in [1.165, 1.54) is 11.5 Å². The zero-order valence-electron chi connectivity index (χ0n) is 10.1. The molecule has 0 unspecified atom stereocenters. The highest BCUT2D eigenvalue weighted by Gasteiger charge is 2.58. The number of hydrogen-bond donors (Lipinski definition) is 1. The van der Waals surface area contributed by atoms with Crippen LogP contribution in [-0.4, -0.2) is 21.6 Å². The molecule has 1 nitrogen and oxygen atoms in total. The molecule has 1 spiro atoms. The Morgan fingerprint density at radius 3 is 1.76 bits per heavy atom. The lowest BCUT2D eigenvalue weighted by molar-refractivity contribution is 0.0151. The normalized spacial score (nSPS) is 55.9. The maximum absolute atomic E-state index is 6.07. The maximum atomic E-state index is 6.07. The van der Waals surface area contributed by atoms with Crippen molar-refractivity contribution in [2.45, 2.75) is 42.2 Å². The molecule has 4 heteroatoms. The number of thioether (sulfide) groups is 2. The van der Waals surface area contributed by atoms with Crippen LogP contribution in [0.2, 0.25) is 0 Å². The standard InChI is InChI=1S/C13H21NS2.ClH/c14-12-6-15-13(16-7-12)10-2-8-1-9(4-10)5-11(13)3-8;/h8-12H,1-7,14H2;1H. The van der Waals surface area contributed by atoms with Gasteiger partial charge in [0.05, 0.1) is 4.08 Å². The van der Waals surface area contributed by atoms with Crippen LogP contribution >= 0.6 is 35.9 Å². The molecule has 17 heavy (non-hydrogen) atoms. The molecule has 4 bridgehead atoms. The van der Waals surface area contributed by atoms with Crippen molar-refractivity contribution in [1.29, 1.82) is 0 Å². The average Bonchev–Trinajstić information content (AvgIpc) is 2.27. The second kappa shape index (κ2) is 4.50. The van der Waals surface area contributed by atoms with Crippen LogP contribution in [0.15, 0.2) is 0 Å². The van der Waals surface area contributed by atoms with Gasteiger partial charge in [-0.25, -0.2) is 0 Å². The zero-order valence-corrected chi connectivity index (χ0v) is 12.6. The number of halogens is 1. The number of nitrogens with two attached hydrogens (primary N) is 1. The maximum Gasteiger partial charge on any atom is 0.0668 e. The fraction of sp³-hybridized carbons (Fsp3) is 1.00. The fourth-order valence-corrected chi connectivity index (χ4v) is 8.67. The summed E-state index contributed by atoms with van der Waals surface area (Å²) in [5, 5.41) is 0. The van der Waals surface area contributed by atoms with Crippen molar-refractivity contribution >= 4 is 35.9 Å². The highest BCUT2D eigenvalue weighted by Crippen LogP contribution is 2.67. The van der Waals surface area contributed by atoms with E-state index < -0.39 is 0 Å². The minimum atomic E-state index is 0. The van der Waals surface area contributed by atoms with Crippen LogP contribution in [0.1, 0.15) is 32.1 Å². The van der Waals surface area contributed by atoms with Crippen LogP contribution in [0.25, 0.3) is 0 Å². The molecule has 4 saturated carbocycles. The van der Waals surface area contributed by atoms with Crippen LogP contribution in [0.5, 0.6) is 0 Å². The Balaban J connectivity index is 0.000000902. The lowest BCUT2D eigenvalue weighted by Crippen LogP contribution is -2.56. The van der Waals surface area contributed by atoms with Crippen molar-refractivity contribution in [3.8, 4) is 0 Å². The van der Waals surface area contributed by atoms with Gasteiger partial charge in [-0.15, -0.1) is 35.9 Å². The molecule has 5 aliphatic rings. The molecule has 0 aromatic heterocycles. The average molecular weight is 292 g/mol. The van der Waals surface area contributed by atoms with E-state index in [2.05, 4.69) is 23.5 Å². The van der Waals surface area contributed by atoms with Gasteiger partial charge in [0.15, 0.2) is 0 Å². The summed E-state index contributed by atoms with van der Waals surface area (Å²) in [4.78, 5) is 0. The van der Waals surface area contributed by atoms with Crippen LogP contribution in [0, 0.1) is 23.7 Å². The summed E-state index contributed by atoms with van der Waals surface area (Å²) in [5.74, 6) is 6.71. The monoisotopic (exact) mass is 291 g/mol. The Hall–Kier alpha value is 0.950. The van der Waals surface area contributed by atoms with Gasteiger partial charge in [-0.1, -0.05) is 0 Å². The smallest absolute Gasteiger partial charge is 0.0668 e. The summed E-state index contributed by atoms with van der Waals surface area (Å²) >= 11 is 4.49. The molecule has 1 aliphatic heterocycles. The van der Waals surface area contributed by atoms with Crippen molar-refractivity contribution in [3.63, 3.8) is 0 Å². The first-order chi connectivity index (χ1) is 7.76. The molecule has 0 aromatic rings. The van der Waals surface area contributed by atoms with E-state index in [0.29, 0.717) is 10.1 Å². The Bertz CT molecular complexity index is 272. The second-order valence-corrected chi connectivity index (χ2v) is 9.26. The molecule has 0 amide bonds. The minimum absolute atomic E-state index is 0. The molecule has 5 rings (SSSR count). The lowest BCUT2D eigenvalue weighted by atomic mass is 9.56. The highest BCUT2D eigenvalue weighted by molar-refractivity contribution is 8.18. The summed E-state index contributed by atoms with van der Waals surface area (Å²) in [6.45, 7) is 0. The summed E-state index contributed by atoms with van der Waals surface area (Å²) in [5.41, 5.74) is 6.07. The summed E-state index contributed by atoms with van der Waals surface area (Å²) in [6.07, 6.45) is 7.74. The largest absolute Gasteiger partial charge is 0.326 e. The predicted molar refractivity (Wildman–Crippen MR) is 79.9 cm³/mol. The van der Waals surface area contributed by atoms with E-state index >= 15 is 0 Å². The molecule has 4 aliphatic carbocycles. The molecule has 1 saturated heterocycles. The first-order valence-electron chi connectivity index (χ1n) is 6.80. The lowest BCUT2D eigenvalue weighted by Gasteiger charge is -2.62. The van der Waals surface area contributed by atoms with Gasteiger partial charge in [-0.05, 0) is 55.8 Å². The quantitative estimate of drug-likeness (QED) is 0.741. The van der Waals surface area contributed by atoms with E-state index in [4.69, 9.17) is 5.73 Å².